The van der Waals surface area contributed by atoms with Crippen molar-refractivity contribution in [1.29, 1.82) is 0 Å². The molecule has 2 atom stereocenters. The van der Waals surface area contributed by atoms with Crippen molar-refractivity contribution in [3.63, 3.8) is 0 Å². The molecule has 0 aliphatic heterocycles. The van der Waals surface area contributed by atoms with E-state index in [0.29, 0.717) is 11.5 Å². The van der Waals surface area contributed by atoms with Crippen LogP contribution in [0.15, 0.2) is 24.3 Å². The lowest BCUT2D eigenvalue weighted by atomic mass is 9.82. The fraction of sp³-hybridized carbons (Fsp3) is 0.684. The number of nitrogens with one attached hydrogen (secondary N) is 1. The molecule has 0 fully saturated rings. The van der Waals surface area contributed by atoms with E-state index in [2.05, 4.69) is 64.3 Å². The number of ether oxygens (including phenoxy) is 1. The van der Waals surface area contributed by atoms with Gasteiger partial charge in [-0.2, -0.15) is 0 Å². The predicted octanol–water partition coefficient (Wildman–Crippen LogP) is 4.60. The number of benzene rings is 1. The van der Waals surface area contributed by atoms with Crippen molar-refractivity contribution >= 4 is 0 Å². The van der Waals surface area contributed by atoms with E-state index in [-0.39, 0.29) is 0 Å². The number of hydrogen-bond donors (Lipinski definition) is 1. The van der Waals surface area contributed by atoms with Crippen molar-refractivity contribution in [3.05, 3.63) is 35.4 Å². The van der Waals surface area contributed by atoms with Crippen molar-refractivity contribution in [3.8, 4) is 0 Å². The molecule has 0 spiro atoms. The van der Waals surface area contributed by atoms with Crippen LogP contribution in [0, 0.1) is 11.3 Å². The van der Waals surface area contributed by atoms with Crippen molar-refractivity contribution in [1.82, 2.24) is 5.32 Å². The van der Waals surface area contributed by atoms with E-state index in [4.69, 9.17) is 4.74 Å². The molecule has 1 N–H and O–H groups in total. The van der Waals surface area contributed by atoms with E-state index in [9.17, 15) is 0 Å². The largest absolute Gasteiger partial charge is 0.384 e. The molecule has 0 bridgehead atoms. The Bertz CT molecular complexity index is 391. The quantitative estimate of drug-likeness (QED) is 0.756. The summed E-state index contributed by atoms with van der Waals surface area (Å²) >= 11 is 0. The summed E-state index contributed by atoms with van der Waals surface area (Å²) in [6.45, 7) is 10.1. The van der Waals surface area contributed by atoms with E-state index in [1.807, 2.05) is 0 Å². The summed E-state index contributed by atoms with van der Waals surface area (Å²) in [6.07, 6.45) is 3.43. The van der Waals surface area contributed by atoms with Gasteiger partial charge >= 0.3 is 0 Å². The molecule has 0 aliphatic carbocycles. The normalized spacial score (nSPS) is 15.0. The summed E-state index contributed by atoms with van der Waals surface area (Å²) in [5.74, 6) is 0.718. The van der Waals surface area contributed by atoms with E-state index in [1.54, 1.807) is 7.11 Å². The Morgan fingerprint density at radius 3 is 2.24 bits per heavy atom. The van der Waals surface area contributed by atoms with Gasteiger partial charge in [0, 0.05) is 13.2 Å². The third-order valence-electron chi connectivity index (χ3n) is 3.92. The van der Waals surface area contributed by atoms with Crippen molar-refractivity contribution in [2.24, 2.45) is 11.3 Å². The van der Waals surface area contributed by atoms with Crippen LogP contribution in [0.2, 0.25) is 0 Å². The first kappa shape index (κ1) is 18.2. The highest BCUT2D eigenvalue weighted by Gasteiger charge is 2.19. The highest BCUT2D eigenvalue weighted by Crippen LogP contribution is 2.30. The maximum absolute atomic E-state index is 5.13. The molecule has 0 saturated heterocycles. The molecule has 0 aromatic heterocycles. The monoisotopic (exact) mass is 291 g/mol. The topological polar surface area (TPSA) is 21.3 Å². The Balaban J connectivity index is 2.63. The molecule has 2 unspecified atom stereocenters. The second-order valence-electron chi connectivity index (χ2n) is 7.43. The summed E-state index contributed by atoms with van der Waals surface area (Å²) in [4.78, 5) is 0. The van der Waals surface area contributed by atoms with Crippen LogP contribution in [-0.2, 0) is 11.2 Å². The van der Waals surface area contributed by atoms with E-state index in [0.717, 1.165) is 18.9 Å². The van der Waals surface area contributed by atoms with Gasteiger partial charge in [-0.05, 0) is 48.8 Å². The molecule has 120 valence electrons. The van der Waals surface area contributed by atoms with Crippen LogP contribution in [-0.4, -0.2) is 20.8 Å². The first-order valence-electron chi connectivity index (χ1n) is 8.10. The standard InChI is InChI=1S/C19H33NO/c1-15(14-19(2,3)4)13-18(20-5)17-9-7-16(8-10-17)11-12-21-6/h7-10,15,18,20H,11-14H2,1-6H3. The molecule has 0 heterocycles. The van der Waals surface area contributed by atoms with Gasteiger partial charge in [-0.25, -0.2) is 0 Å². The molecule has 0 amide bonds. The predicted molar refractivity (Wildman–Crippen MR) is 91.7 cm³/mol. The summed E-state index contributed by atoms with van der Waals surface area (Å²) in [7, 11) is 3.81. The van der Waals surface area contributed by atoms with Gasteiger partial charge in [0.1, 0.15) is 0 Å². The summed E-state index contributed by atoms with van der Waals surface area (Å²) < 4.78 is 5.13. The fourth-order valence-electron chi connectivity index (χ4n) is 3.09. The summed E-state index contributed by atoms with van der Waals surface area (Å²) in [6, 6.07) is 9.42. The molecule has 0 radical (unpaired) electrons. The first-order chi connectivity index (χ1) is 9.85. The van der Waals surface area contributed by atoms with Gasteiger partial charge in [0.25, 0.3) is 0 Å². The number of methoxy groups -OCH3 is 1. The van der Waals surface area contributed by atoms with Gasteiger partial charge in [-0.3, -0.25) is 0 Å². The van der Waals surface area contributed by atoms with Crippen LogP contribution in [0.3, 0.4) is 0 Å². The summed E-state index contributed by atoms with van der Waals surface area (Å²) in [5, 5.41) is 3.47. The Morgan fingerprint density at radius 2 is 1.76 bits per heavy atom. The van der Waals surface area contributed by atoms with Gasteiger partial charge in [-0.15, -0.1) is 0 Å². The van der Waals surface area contributed by atoms with Crippen LogP contribution >= 0.6 is 0 Å². The lowest BCUT2D eigenvalue weighted by Gasteiger charge is -2.27. The Kier molecular flexibility index (Phi) is 7.41. The van der Waals surface area contributed by atoms with Gasteiger partial charge in [-0.1, -0.05) is 52.0 Å². The molecular weight excluding hydrogens is 258 g/mol. The van der Waals surface area contributed by atoms with Crippen LogP contribution in [0.25, 0.3) is 0 Å². The molecule has 21 heavy (non-hydrogen) atoms. The highest BCUT2D eigenvalue weighted by atomic mass is 16.5. The molecule has 2 nitrogen and oxygen atoms in total. The average molecular weight is 291 g/mol. The number of rotatable bonds is 8. The minimum absolute atomic E-state index is 0.404. The minimum Gasteiger partial charge on any atom is -0.384 e. The molecule has 1 aromatic rings. The lowest BCUT2D eigenvalue weighted by molar-refractivity contribution is 0.202. The Morgan fingerprint density at radius 1 is 1.14 bits per heavy atom. The van der Waals surface area contributed by atoms with Crippen molar-refractivity contribution in [2.75, 3.05) is 20.8 Å². The fourth-order valence-corrected chi connectivity index (χ4v) is 3.09. The van der Waals surface area contributed by atoms with E-state index < -0.39 is 0 Å². The zero-order valence-corrected chi connectivity index (χ0v) is 14.7. The zero-order chi connectivity index (χ0) is 15.9. The maximum Gasteiger partial charge on any atom is 0.0502 e. The van der Waals surface area contributed by atoms with Crippen LogP contribution in [0.1, 0.15) is 57.7 Å². The molecule has 2 heteroatoms. The Hall–Kier alpha value is -0.860. The van der Waals surface area contributed by atoms with Crippen LogP contribution < -0.4 is 5.32 Å². The molecular formula is C19H33NO. The SMILES string of the molecule is CNC(CC(C)CC(C)(C)C)c1ccc(CCOC)cc1. The van der Waals surface area contributed by atoms with Crippen LogP contribution in [0.4, 0.5) is 0 Å². The summed E-state index contributed by atoms with van der Waals surface area (Å²) in [5.41, 5.74) is 3.14. The average Bonchev–Trinajstić information content (AvgIpc) is 2.41. The smallest absolute Gasteiger partial charge is 0.0502 e. The molecule has 0 aliphatic rings. The Labute approximate surface area is 131 Å². The lowest BCUT2D eigenvalue weighted by Crippen LogP contribution is -2.21. The van der Waals surface area contributed by atoms with E-state index >= 15 is 0 Å². The second kappa shape index (κ2) is 8.55. The third kappa shape index (κ3) is 7.10. The third-order valence-corrected chi connectivity index (χ3v) is 3.92. The van der Waals surface area contributed by atoms with Crippen molar-refractivity contribution in [2.45, 2.75) is 53.0 Å². The van der Waals surface area contributed by atoms with Gasteiger partial charge in [0.05, 0.1) is 6.61 Å². The number of hydrogen-bond acceptors (Lipinski definition) is 2. The highest BCUT2D eigenvalue weighted by molar-refractivity contribution is 5.25. The molecule has 1 aromatic carbocycles. The maximum atomic E-state index is 5.13. The van der Waals surface area contributed by atoms with E-state index in [1.165, 1.54) is 24.0 Å². The van der Waals surface area contributed by atoms with Crippen LogP contribution in [0.5, 0.6) is 0 Å². The van der Waals surface area contributed by atoms with Gasteiger partial charge in [0.15, 0.2) is 0 Å². The first-order valence-corrected chi connectivity index (χ1v) is 8.10. The van der Waals surface area contributed by atoms with Gasteiger partial charge < -0.3 is 10.1 Å². The zero-order valence-electron chi connectivity index (χ0n) is 14.7. The van der Waals surface area contributed by atoms with Gasteiger partial charge in [0.2, 0.25) is 0 Å². The minimum atomic E-state index is 0.404. The second-order valence-corrected chi connectivity index (χ2v) is 7.43. The molecule has 1 rings (SSSR count). The van der Waals surface area contributed by atoms with Crippen molar-refractivity contribution < 1.29 is 4.74 Å². The molecule has 0 saturated carbocycles.